The van der Waals surface area contributed by atoms with Crippen LogP contribution in [0, 0.1) is 18.6 Å². The number of methoxy groups -OCH3 is 1. The van der Waals surface area contributed by atoms with E-state index in [2.05, 4.69) is 21.4 Å². The van der Waals surface area contributed by atoms with E-state index in [0.717, 1.165) is 24.1 Å². The van der Waals surface area contributed by atoms with Crippen LogP contribution in [0.5, 0.6) is 0 Å². The fourth-order valence-corrected chi connectivity index (χ4v) is 3.10. The predicted octanol–water partition coefficient (Wildman–Crippen LogP) is 3.99. The van der Waals surface area contributed by atoms with Crippen LogP contribution in [0.1, 0.15) is 11.1 Å². The molecule has 1 N–H and O–H groups in total. The number of hydrogen-bond donors (Lipinski definition) is 1. The highest BCUT2D eigenvalue weighted by Gasteiger charge is 2.16. The third kappa shape index (κ3) is 5.82. The molecule has 0 bridgehead atoms. The van der Waals surface area contributed by atoms with Crippen LogP contribution in [-0.2, 0) is 16.0 Å². The molecule has 0 unspecified atom stereocenters. The lowest BCUT2D eigenvalue weighted by Crippen LogP contribution is -2.27. The molecule has 31 heavy (non-hydrogen) atoms. The van der Waals surface area contributed by atoms with Crippen molar-refractivity contribution in [1.82, 2.24) is 9.97 Å². The molecule has 0 spiro atoms. The SMILES string of the molecule is COCCN(C=O)c1cnc(-c2ccc(F)c(F)c2)nc1NCCc1cccc(C)c1. The van der Waals surface area contributed by atoms with E-state index in [4.69, 9.17) is 4.74 Å². The second-order valence-corrected chi connectivity index (χ2v) is 7.01. The zero-order chi connectivity index (χ0) is 22.2. The van der Waals surface area contributed by atoms with Crippen molar-refractivity contribution < 1.29 is 18.3 Å². The summed E-state index contributed by atoms with van der Waals surface area (Å²) in [6.07, 6.45) is 2.91. The number of ether oxygens (including phenoxy) is 1. The molecule has 8 heteroatoms. The van der Waals surface area contributed by atoms with Gasteiger partial charge in [-0.2, -0.15) is 0 Å². The van der Waals surface area contributed by atoms with Gasteiger partial charge in [-0.25, -0.2) is 18.7 Å². The van der Waals surface area contributed by atoms with Gasteiger partial charge in [0.25, 0.3) is 0 Å². The standard InChI is InChI=1S/C23H24F2N4O2/c1-16-4-3-5-17(12-16)8-9-26-23-21(29(15-30)10-11-31-2)14-27-22(28-23)18-6-7-19(24)20(25)13-18/h3-7,12-15H,8-11H2,1-2H3,(H,26,27,28). The number of nitrogens with zero attached hydrogens (tertiary/aromatic N) is 3. The third-order valence-corrected chi connectivity index (χ3v) is 4.71. The normalized spacial score (nSPS) is 10.7. The molecule has 0 saturated heterocycles. The lowest BCUT2D eigenvalue weighted by Gasteiger charge is -2.20. The number of halogens is 2. The van der Waals surface area contributed by atoms with Crippen molar-refractivity contribution in [3.05, 3.63) is 71.4 Å². The Labute approximate surface area is 179 Å². The summed E-state index contributed by atoms with van der Waals surface area (Å²) < 4.78 is 32.0. The average molecular weight is 426 g/mol. The Morgan fingerprint density at radius 1 is 1.16 bits per heavy atom. The smallest absolute Gasteiger partial charge is 0.214 e. The number of carbonyl (C=O) groups is 1. The summed E-state index contributed by atoms with van der Waals surface area (Å²) in [5, 5.41) is 3.25. The van der Waals surface area contributed by atoms with Crippen LogP contribution >= 0.6 is 0 Å². The summed E-state index contributed by atoms with van der Waals surface area (Å²) >= 11 is 0. The Morgan fingerprint density at radius 2 is 2.00 bits per heavy atom. The number of aryl methyl sites for hydroxylation is 1. The zero-order valence-electron chi connectivity index (χ0n) is 17.4. The first-order valence-corrected chi connectivity index (χ1v) is 9.84. The van der Waals surface area contributed by atoms with Gasteiger partial charge in [0.15, 0.2) is 23.3 Å². The summed E-state index contributed by atoms with van der Waals surface area (Å²) in [6.45, 7) is 3.25. The molecule has 1 aromatic heterocycles. The highest BCUT2D eigenvalue weighted by Crippen LogP contribution is 2.26. The maximum absolute atomic E-state index is 13.7. The van der Waals surface area contributed by atoms with Crippen LogP contribution < -0.4 is 10.2 Å². The minimum atomic E-state index is -0.978. The van der Waals surface area contributed by atoms with Gasteiger partial charge in [-0.15, -0.1) is 0 Å². The van der Waals surface area contributed by atoms with Crippen molar-refractivity contribution in [2.45, 2.75) is 13.3 Å². The third-order valence-electron chi connectivity index (χ3n) is 4.71. The summed E-state index contributed by atoms with van der Waals surface area (Å²) in [7, 11) is 1.55. The molecule has 0 aliphatic rings. The molecule has 2 aromatic carbocycles. The minimum Gasteiger partial charge on any atom is -0.383 e. The molecular weight excluding hydrogens is 402 g/mol. The number of aromatic nitrogens is 2. The van der Waals surface area contributed by atoms with E-state index in [1.54, 1.807) is 7.11 Å². The number of benzene rings is 2. The van der Waals surface area contributed by atoms with E-state index >= 15 is 0 Å². The maximum atomic E-state index is 13.7. The molecule has 1 amide bonds. The predicted molar refractivity (Wildman–Crippen MR) is 116 cm³/mol. The Hall–Kier alpha value is -3.39. The quantitative estimate of drug-likeness (QED) is 0.497. The van der Waals surface area contributed by atoms with Gasteiger partial charge in [0, 0.05) is 25.8 Å². The number of rotatable bonds is 10. The van der Waals surface area contributed by atoms with E-state index in [9.17, 15) is 13.6 Å². The first-order chi connectivity index (χ1) is 15.0. The molecule has 1 heterocycles. The summed E-state index contributed by atoms with van der Waals surface area (Å²) in [5.74, 6) is -1.28. The number of nitrogens with one attached hydrogen (secondary N) is 1. The second-order valence-electron chi connectivity index (χ2n) is 7.01. The molecule has 3 aromatic rings. The molecule has 0 aliphatic carbocycles. The van der Waals surface area contributed by atoms with Gasteiger partial charge in [0.2, 0.25) is 6.41 Å². The summed E-state index contributed by atoms with van der Waals surface area (Å²) in [4.78, 5) is 21.8. The van der Waals surface area contributed by atoms with Gasteiger partial charge < -0.3 is 15.0 Å². The van der Waals surface area contributed by atoms with Gasteiger partial charge in [-0.05, 0) is 37.1 Å². The molecule has 0 fully saturated rings. The molecule has 0 atom stereocenters. The zero-order valence-corrected chi connectivity index (χ0v) is 17.4. The fourth-order valence-electron chi connectivity index (χ4n) is 3.10. The first kappa shape index (κ1) is 22.3. The summed E-state index contributed by atoms with van der Waals surface area (Å²) in [6, 6.07) is 11.7. The lowest BCUT2D eigenvalue weighted by atomic mass is 10.1. The molecule has 162 valence electrons. The van der Waals surface area contributed by atoms with E-state index in [1.165, 1.54) is 22.7 Å². The van der Waals surface area contributed by atoms with Crippen LogP contribution in [0.4, 0.5) is 20.3 Å². The van der Waals surface area contributed by atoms with Crippen LogP contribution in [-0.4, -0.2) is 43.2 Å². The first-order valence-electron chi connectivity index (χ1n) is 9.84. The van der Waals surface area contributed by atoms with Crippen LogP contribution in [0.2, 0.25) is 0 Å². The van der Waals surface area contributed by atoms with Gasteiger partial charge in [-0.3, -0.25) is 4.79 Å². The highest BCUT2D eigenvalue weighted by molar-refractivity contribution is 5.82. The number of amides is 1. The minimum absolute atomic E-state index is 0.221. The molecule has 0 radical (unpaired) electrons. The highest BCUT2D eigenvalue weighted by atomic mass is 19.2. The largest absolute Gasteiger partial charge is 0.383 e. The van der Waals surface area contributed by atoms with E-state index in [-0.39, 0.29) is 5.82 Å². The fraction of sp³-hybridized carbons (Fsp3) is 0.261. The molecule has 0 saturated carbocycles. The molecule has 3 rings (SSSR count). The summed E-state index contributed by atoms with van der Waals surface area (Å²) in [5.41, 5.74) is 3.15. The van der Waals surface area contributed by atoms with E-state index in [1.807, 2.05) is 25.1 Å². The second kappa shape index (κ2) is 10.6. The van der Waals surface area contributed by atoms with E-state index < -0.39 is 11.6 Å². The van der Waals surface area contributed by atoms with Gasteiger partial charge in [0.1, 0.15) is 5.69 Å². The van der Waals surface area contributed by atoms with E-state index in [0.29, 0.717) is 43.2 Å². The van der Waals surface area contributed by atoms with Gasteiger partial charge >= 0.3 is 0 Å². The van der Waals surface area contributed by atoms with Gasteiger partial charge in [0.05, 0.1) is 12.8 Å². The average Bonchev–Trinajstić information content (AvgIpc) is 2.77. The molecule has 6 nitrogen and oxygen atoms in total. The number of carbonyl (C=O) groups excluding carboxylic acids is 1. The van der Waals surface area contributed by atoms with Crippen molar-refractivity contribution in [2.24, 2.45) is 0 Å². The Balaban J connectivity index is 1.88. The van der Waals surface area contributed by atoms with Crippen molar-refractivity contribution in [1.29, 1.82) is 0 Å². The van der Waals surface area contributed by atoms with Crippen LogP contribution in [0.25, 0.3) is 11.4 Å². The van der Waals surface area contributed by atoms with Crippen molar-refractivity contribution in [3.63, 3.8) is 0 Å². The molecule has 0 aliphatic heterocycles. The Kier molecular flexibility index (Phi) is 7.61. The topological polar surface area (TPSA) is 67.3 Å². The number of hydrogen-bond acceptors (Lipinski definition) is 5. The van der Waals surface area contributed by atoms with Crippen LogP contribution in [0.15, 0.2) is 48.7 Å². The monoisotopic (exact) mass is 426 g/mol. The lowest BCUT2D eigenvalue weighted by molar-refractivity contribution is -0.107. The Bertz CT molecular complexity index is 1050. The van der Waals surface area contributed by atoms with Crippen molar-refractivity contribution in [2.75, 3.05) is 37.0 Å². The maximum Gasteiger partial charge on any atom is 0.214 e. The van der Waals surface area contributed by atoms with Crippen molar-refractivity contribution >= 4 is 17.9 Å². The van der Waals surface area contributed by atoms with Gasteiger partial charge in [-0.1, -0.05) is 29.8 Å². The van der Waals surface area contributed by atoms with Crippen molar-refractivity contribution in [3.8, 4) is 11.4 Å². The number of anilines is 2. The Morgan fingerprint density at radius 3 is 2.71 bits per heavy atom. The molecular formula is C23H24F2N4O2. The van der Waals surface area contributed by atoms with Crippen LogP contribution in [0.3, 0.4) is 0 Å².